The Morgan fingerprint density at radius 2 is 1.94 bits per heavy atom. The standard InChI is InChI=1S/C24H18Cl2FN3OS/c25-17-8-9-19(23-21(17)18(26)12-28-23)30-32-20-7-3-6-16(22(20)27)24(31)29-11-14-10-13-4-1-2-5-15(13)14/h1-9,12,14,28,30H,10-11H2,(H,29,31)/t14-/m1/s1. The van der Waals surface area contributed by atoms with Crippen molar-refractivity contribution < 1.29 is 9.18 Å². The van der Waals surface area contributed by atoms with E-state index in [1.807, 2.05) is 12.1 Å². The molecule has 3 aromatic carbocycles. The molecule has 32 heavy (non-hydrogen) atoms. The minimum atomic E-state index is -0.564. The van der Waals surface area contributed by atoms with Crippen LogP contribution in [0.4, 0.5) is 10.1 Å². The summed E-state index contributed by atoms with van der Waals surface area (Å²) in [4.78, 5) is 16.0. The van der Waals surface area contributed by atoms with Crippen molar-refractivity contribution in [1.29, 1.82) is 0 Å². The molecule has 0 radical (unpaired) electrons. The van der Waals surface area contributed by atoms with Crippen LogP contribution in [-0.4, -0.2) is 17.4 Å². The Hall–Kier alpha value is -2.67. The fourth-order valence-electron chi connectivity index (χ4n) is 3.98. The van der Waals surface area contributed by atoms with Gasteiger partial charge in [0.05, 0.1) is 31.7 Å². The van der Waals surface area contributed by atoms with Gasteiger partial charge in [-0.2, -0.15) is 0 Å². The molecule has 1 heterocycles. The van der Waals surface area contributed by atoms with Crippen LogP contribution in [-0.2, 0) is 6.42 Å². The van der Waals surface area contributed by atoms with Gasteiger partial charge in [-0.05, 0) is 53.8 Å². The number of rotatable bonds is 6. The fourth-order valence-corrected chi connectivity index (χ4v) is 5.28. The minimum absolute atomic E-state index is 0.0218. The van der Waals surface area contributed by atoms with Gasteiger partial charge >= 0.3 is 0 Å². The largest absolute Gasteiger partial charge is 0.358 e. The van der Waals surface area contributed by atoms with Crippen molar-refractivity contribution >= 4 is 57.6 Å². The molecule has 0 saturated heterocycles. The first kappa shape index (κ1) is 21.2. The van der Waals surface area contributed by atoms with Gasteiger partial charge < -0.3 is 15.0 Å². The maximum Gasteiger partial charge on any atom is 0.254 e. The lowest BCUT2D eigenvalue weighted by Gasteiger charge is -2.30. The van der Waals surface area contributed by atoms with Crippen molar-refractivity contribution in [2.24, 2.45) is 0 Å². The van der Waals surface area contributed by atoms with Crippen molar-refractivity contribution in [2.75, 3.05) is 11.3 Å². The average Bonchev–Trinajstić information content (AvgIpc) is 3.17. The van der Waals surface area contributed by atoms with Gasteiger partial charge in [-0.15, -0.1) is 0 Å². The predicted molar refractivity (Wildman–Crippen MR) is 129 cm³/mol. The van der Waals surface area contributed by atoms with Crippen LogP contribution in [0.15, 0.2) is 65.7 Å². The Balaban J connectivity index is 1.28. The topological polar surface area (TPSA) is 56.9 Å². The molecule has 0 unspecified atom stereocenters. The highest BCUT2D eigenvalue weighted by molar-refractivity contribution is 8.00. The molecular formula is C24H18Cl2FN3OS. The van der Waals surface area contributed by atoms with E-state index in [1.54, 1.807) is 30.5 Å². The SMILES string of the molecule is O=C(NC[C@H]1Cc2ccccc21)c1cccc(SNc2ccc(Cl)c3c(Cl)c[nH]c23)c1F. The highest BCUT2D eigenvalue weighted by Crippen LogP contribution is 2.37. The molecule has 1 aromatic heterocycles. The van der Waals surface area contributed by atoms with E-state index in [9.17, 15) is 4.79 Å². The number of hydrogen-bond donors (Lipinski definition) is 3. The Bertz CT molecular complexity index is 1340. The van der Waals surface area contributed by atoms with E-state index in [2.05, 4.69) is 27.2 Å². The number of carbonyl (C=O) groups excluding carboxylic acids is 1. The molecule has 0 saturated carbocycles. The highest BCUT2D eigenvalue weighted by atomic mass is 35.5. The summed E-state index contributed by atoms with van der Waals surface area (Å²) in [5, 5.41) is 4.61. The summed E-state index contributed by atoms with van der Waals surface area (Å²) in [7, 11) is 0. The number of benzene rings is 3. The molecule has 0 bridgehead atoms. The van der Waals surface area contributed by atoms with Crippen LogP contribution in [0.5, 0.6) is 0 Å². The zero-order valence-electron chi connectivity index (χ0n) is 16.7. The Kier molecular flexibility index (Phi) is 5.76. The number of amides is 1. The third kappa shape index (κ3) is 3.83. The summed E-state index contributed by atoms with van der Waals surface area (Å²) >= 11 is 13.5. The molecule has 0 aliphatic heterocycles. The molecule has 1 aliphatic carbocycles. The maximum absolute atomic E-state index is 15.1. The monoisotopic (exact) mass is 485 g/mol. The van der Waals surface area contributed by atoms with E-state index in [-0.39, 0.29) is 11.5 Å². The fraction of sp³-hybridized carbons (Fsp3) is 0.125. The summed E-state index contributed by atoms with van der Waals surface area (Å²) in [5.41, 5.74) is 4.01. The van der Waals surface area contributed by atoms with Crippen LogP contribution < -0.4 is 10.0 Å². The molecule has 4 aromatic rings. The normalized spacial score (nSPS) is 14.7. The third-order valence-electron chi connectivity index (χ3n) is 5.69. The van der Waals surface area contributed by atoms with Crippen molar-refractivity contribution in [2.45, 2.75) is 17.2 Å². The van der Waals surface area contributed by atoms with Crippen molar-refractivity contribution in [3.8, 4) is 0 Å². The summed E-state index contributed by atoms with van der Waals surface area (Å²) in [6.07, 6.45) is 2.58. The Labute approximate surface area is 198 Å². The highest BCUT2D eigenvalue weighted by Gasteiger charge is 2.26. The first-order valence-electron chi connectivity index (χ1n) is 10.1. The quantitative estimate of drug-likeness (QED) is 0.263. The van der Waals surface area contributed by atoms with Crippen LogP contribution in [0, 0.1) is 5.82 Å². The average molecular weight is 486 g/mol. The molecule has 8 heteroatoms. The summed E-state index contributed by atoms with van der Waals surface area (Å²) in [5.74, 6) is -0.706. The molecule has 5 rings (SSSR count). The molecule has 0 fully saturated rings. The first-order chi connectivity index (χ1) is 15.5. The van der Waals surface area contributed by atoms with E-state index in [0.29, 0.717) is 32.6 Å². The van der Waals surface area contributed by atoms with Gasteiger partial charge in [0.1, 0.15) is 0 Å². The second kappa shape index (κ2) is 8.70. The van der Waals surface area contributed by atoms with Crippen LogP contribution >= 0.6 is 35.1 Å². The van der Waals surface area contributed by atoms with E-state index < -0.39 is 11.7 Å². The first-order valence-corrected chi connectivity index (χ1v) is 11.6. The van der Waals surface area contributed by atoms with Crippen molar-refractivity contribution in [1.82, 2.24) is 10.3 Å². The van der Waals surface area contributed by atoms with Crippen LogP contribution in [0.3, 0.4) is 0 Å². The van der Waals surface area contributed by atoms with Gasteiger partial charge in [0.2, 0.25) is 0 Å². The number of carbonyl (C=O) groups is 1. The van der Waals surface area contributed by atoms with Crippen molar-refractivity contribution in [3.63, 3.8) is 0 Å². The van der Waals surface area contributed by atoms with E-state index >= 15 is 4.39 Å². The number of aromatic amines is 1. The van der Waals surface area contributed by atoms with Gasteiger partial charge in [-0.1, -0.05) is 53.5 Å². The van der Waals surface area contributed by atoms with E-state index in [4.69, 9.17) is 23.2 Å². The number of fused-ring (bicyclic) bond motifs is 2. The van der Waals surface area contributed by atoms with E-state index in [0.717, 1.165) is 23.9 Å². The molecule has 0 spiro atoms. The number of aromatic nitrogens is 1. The van der Waals surface area contributed by atoms with Crippen LogP contribution in [0.1, 0.15) is 27.4 Å². The van der Waals surface area contributed by atoms with Gasteiger partial charge in [0.25, 0.3) is 5.91 Å². The predicted octanol–water partition coefficient (Wildman–Crippen LogP) is 6.80. The lowest BCUT2D eigenvalue weighted by atomic mass is 9.77. The number of hydrogen-bond acceptors (Lipinski definition) is 3. The second-order valence-electron chi connectivity index (χ2n) is 7.61. The van der Waals surface area contributed by atoms with Crippen molar-refractivity contribution in [3.05, 3.63) is 93.3 Å². The molecular weight excluding hydrogens is 468 g/mol. The maximum atomic E-state index is 15.1. The lowest BCUT2D eigenvalue weighted by molar-refractivity contribution is 0.0945. The molecule has 1 atom stereocenters. The summed E-state index contributed by atoms with van der Waals surface area (Å²) in [6.45, 7) is 0.487. The Morgan fingerprint density at radius 3 is 2.78 bits per heavy atom. The van der Waals surface area contributed by atoms with Gasteiger partial charge in [-0.25, -0.2) is 4.39 Å². The number of H-pyrrole nitrogens is 1. The van der Waals surface area contributed by atoms with Gasteiger partial charge in [-0.3, -0.25) is 4.79 Å². The smallest absolute Gasteiger partial charge is 0.254 e. The molecule has 4 nitrogen and oxygen atoms in total. The minimum Gasteiger partial charge on any atom is -0.358 e. The number of nitrogens with one attached hydrogen (secondary N) is 3. The van der Waals surface area contributed by atoms with Gasteiger partial charge in [0.15, 0.2) is 5.82 Å². The lowest BCUT2D eigenvalue weighted by Crippen LogP contribution is -2.33. The van der Waals surface area contributed by atoms with Crippen LogP contribution in [0.25, 0.3) is 10.9 Å². The number of halogens is 3. The zero-order chi connectivity index (χ0) is 22.2. The zero-order valence-corrected chi connectivity index (χ0v) is 19.0. The molecule has 1 amide bonds. The molecule has 1 aliphatic rings. The summed E-state index contributed by atoms with van der Waals surface area (Å²) < 4.78 is 18.2. The molecule has 162 valence electrons. The Morgan fingerprint density at radius 1 is 1.09 bits per heavy atom. The summed E-state index contributed by atoms with van der Waals surface area (Å²) in [6, 6.07) is 16.5. The third-order valence-corrected chi connectivity index (χ3v) is 7.16. The van der Waals surface area contributed by atoms with Gasteiger partial charge in [0, 0.05) is 24.0 Å². The second-order valence-corrected chi connectivity index (χ2v) is 9.28. The van der Waals surface area contributed by atoms with E-state index in [1.165, 1.54) is 17.2 Å². The molecule has 3 N–H and O–H groups in total. The van der Waals surface area contributed by atoms with Crippen LogP contribution in [0.2, 0.25) is 10.0 Å². The number of anilines is 1.